The summed E-state index contributed by atoms with van der Waals surface area (Å²) in [4.78, 5) is 11.0. The van der Waals surface area contributed by atoms with Crippen LogP contribution in [0.1, 0.15) is 74.5 Å². The Hall–Kier alpha value is -2.17. The highest BCUT2D eigenvalue weighted by atomic mass is 79.9. The van der Waals surface area contributed by atoms with Gasteiger partial charge >= 0.3 is 0 Å². The number of hydrogen-bond acceptors (Lipinski definition) is 2. The lowest BCUT2D eigenvalue weighted by molar-refractivity contribution is -0.112. The van der Waals surface area contributed by atoms with Crippen molar-refractivity contribution < 1.29 is 9.53 Å². The van der Waals surface area contributed by atoms with Gasteiger partial charge < -0.3 is 4.74 Å². The Morgan fingerprint density at radius 2 is 1.37 bits per heavy atom. The van der Waals surface area contributed by atoms with E-state index in [4.69, 9.17) is 4.74 Å². The highest BCUT2D eigenvalue weighted by Crippen LogP contribution is 2.48. The lowest BCUT2D eigenvalue weighted by Crippen LogP contribution is -1.98. The fourth-order valence-corrected chi connectivity index (χ4v) is 5.61. The first-order chi connectivity index (χ1) is 17.0. The fourth-order valence-electron chi connectivity index (χ4n) is 4.85. The van der Waals surface area contributed by atoms with Crippen LogP contribution in [0.15, 0.2) is 75.7 Å². The van der Waals surface area contributed by atoms with Crippen LogP contribution >= 0.6 is 31.9 Å². The molecule has 0 amide bonds. The van der Waals surface area contributed by atoms with Gasteiger partial charge in [-0.05, 0) is 90.1 Å². The summed E-state index contributed by atoms with van der Waals surface area (Å²) < 4.78 is 8.20. The number of halogens is 2. The van der Waals surface area contributed by atoms with Gasteiger partial charge in [-0.2, -0.15) is 0 Å². The van der Waals surface area contributed by atoms with Gasteiger partial charge in [0.1, 0.15) is 5.75 Å². The molecule has 1 aliphatic rings. The number of ether oxygens (including phenoxy) is 1. The molecule has 0 bridgehead atoms. The van der Waals surface area contributed by atoms with Crippen molar-refractivity contribution in [1.82, 2.24) is 0 Å². The Labute approximate surface area is 226 Å². The summed E-state index contributed by atoms with van der Waals surface area (Å²) in [6, 6.07) is 21.3. The van der Waals surface area contributed by atoms with E-state index in [1.54, 1.807) is 13.0 Å². The van der Waals surface area contributed by atoms with Crippen LogP contribution in [0.2, 0.25) is 0 Å². The number of carbonyl (C=O) groups excluding carboxylic acids is 1. The molecular formula is C31H32Br2O2. The minimum absolute atomic E-state index is 0.0565. The summed E-state index contributed by atoms with van der Waals surface area (Å²) in [5, 5.41) is 0. The largest absolute Gasteiger partial charge is 0.494 e. The van der Waals surface area contributed by atoms with Gasteiger partial charge in [0.25, 0.3) is 0 Å². The number of allylic oxidation sites excluding steroid dienone is 1. The molecule has 3 aromatic rings. The Morgan fingerprint density at radius 1 is 0.800 bits per heavy atom. The monoisotopic (exact) mass is 594 g/mol. The second-order valence-electron chi connectivity index (χ2n) is 9.29. The zero-order chi connectivity index (χ0) is 24.6. The Kier molecular flexibility index (Phi) is 9.39. The van der Waals surface area contributed by atoms with Crippen molar-refractivity contribution >= 4 is 43.7 Å². The maximum atomic E-state index is 11.0. The summed E-state index contributed by atoms with van der Waals surface area (Å²) in [6.45, 7) is 2.31. The van der Waals surface area contributed by atoms with Crippen LogP contribution in [0, 0.1) is 0 Å². The van der Waals surface area contributed by atoms with Crippen molar-refractivity contribution in [3.8, 4) is 16.9 Å². The minimum Gasteiger partial charge on any atom is -0.494 e. The molecule has 1 aliphatic carbocycles. The van der Waals surface area contributed by atoms with Crippen LogP contribution in [0.3, 0.4) is 0 Å². The number of unbranched alkanes of at least 4 members (excludes halogenated alkanes) is 5. The number of rotatable bonds is 12. The first kappa shape index (κ1) is 25.9. The molecule has 0 saturated heterocycles. The van der Waals surface area contributed by atoms with Gasteiger partial charge in [-0.25, -0.2) is 0 Å². The lowest BCUT2D eigenvalue weighted by atomic mass is 9.91. The number of carbonyl (C=O) groups is 1. The molecule has 3 aromatic carbocycles. The molecule has 35 heavy (non-hydrogen) atoms. The number of hydrogen-bond donors (Lipinski definition) is 0. The van der Waals surface area contributed by atoms with Crippen LogP contribution in [0.5, 0.6) is 5.75 Å². The van der Waals surface area contributed by atoms with E-state index in [1.165, 1.54) is 60.8 Å². The maximum absolute atomic E-state index is 11.0. The molecule has 0 heterocycles. The number of ketones is 1. The van der Waals surface area contributed by atoms with Crippen LogP contribution < -0.4 is 4.74 Å². The van der Waals surface area contributed by atoms with Crippen LogP contribution in [0.4, 0.5) is 0 Å². The van der Waals surface area contributed by atoms with E-state index in [1.807, 2.05) is 30.3 Å². The molecular weight excluding hydrogens is 564 g/mol. The molecule has 0 aromatic heterocycles. The van der Waals surface area contributed by atoms with E-state index in [0.717, 1.165) is 33.3 Å². The SMILES string of the molecule is CC(=O)C=Cc1ccc(OCCCCCCCCC2c3cc(Br)ccc3-c3ccc(Br)cc32)cc1. The fraction of sp³-hybridized carbons (Fsp3) is 0.323. The Bertz CT molecular complexity index is 1130. The smallest absolute Gasteiger partial charge is 0.152 e. The van der Waals surface area contributed by atoms with Crippen LogP contribution in [-0.4, -0.2) is 12.4 Å². The first-order valence-electron chi connectivity index (χ1n) is 12.5. The molecule has 0 N–H and O–H groups in total. The third kappa shape index (κ3) is 7.17. The third-order valence-corrected chi connectivity index (χ3v) is 7.60. The van der Waals surface area contributed by atoms with E-state index in [-0.39, 0.29) is 5.78 Å². The molecule has 4 heteroatoms. The van der Waals surface area contributed by atoms with Gasteiger partial charge in [0.05, 0.1) is 6.61 Å². The molecule has 0 saturated carbocycles. The summed E-state index contributed by atoms with van der Waals surface area (Å²) >= 11 is 7.34. The molecule has 2 nitrogen and oxygen atoms in total. The molecule has 0 atom stereocenters. The molecule has 0 spiro atoms. The number of fused-ring (bicyclic) bond motifs is 3. The highest BCUT2D eigenvalue weighted by Gasteiger charge is 2.28. The van der Waals surface area contributed by atoms with Gasteiger partial charge in [0, 0.05) is 14.9 Å². The lowest BCUT2D eigenvalue weighted by Gasteiger charge is -2.14. The van der Waals surface area contributed by atoms with Crippen LogP contribution in [0.25, 0.3) is 17.2 Å². The molecule has 182 valence electrons. The molecule has 0 unspecified atom stereocenters. The zero-order valence-electron chi connectivity index (χ0n) is 20.2. The molecule has 4 rings (SSSR count). The highest BCUT2D eigenvalue weighted by molar-refractivity contribution is 9.10. The quantitative estimate of drug-likeness (QED) is 0.154. The van der Waals surface area contributed by atoms with E-state index in [0.29, 0.717) is 5.92 Å². The minimum atomic E-state index is 0.0565. The summed E-state index contributed by atoms with van der Waals surface area (Å²) in [5.41, 5.74) is 6.73. The van der Waals surface area contributed by atoms with Gasteiger partial charge in [0.15, 0.2) is 5.78 Å². The van der Waals surface area contributed by atoms with E-state index in [2.05, 4.69) is 68.3 Å². The first-order valence-corrected chi connectivity index (χ1v) is 14.1. The Balaban J connectivity index is 1.14. The van der Waals surface area contributed by atoms with Gasteiger partial charge in [-0.3, -0.25) is 4.79 Å². The van der Waals surface area contributed by atoms with Gasteiger partial charge in [0.2, 0.25) is 0 Å². The van der Waals surface area contributed by atoms with Crippen molar-refractivity contribution in [2.45, 2.75) is 57.8 Å². The normalized spacial score (nSPS) is 12.7. The predicted octanol–water partition coefficient (Wildman–Crippen LogP) is 9.74. The molecule has 0 aliphatic heterocycles. The summed E-state index contributed by atoms with van der Waals surface area (Å²) in [7, 11) is 0. The van der Waals surface area contributed by atoms with Crippen molar-refractivity contribution in [2.75, 3.05) is 6.61 Å². The Morgan fingerprint density at radius 3 is 1.97 bits per heavy atom. The van der Waals surface area contributed by atoms with Crippen molar-refractivity contribution in [2.24, 2.45) is 0 Å². The average molecular weight is 596 g/mol. The number of benzene rings is 3. The van der Waals surface area contributed by atoms with E-state index < -0.39 is 0 Å². The second kappa shape index (κ2) is 12.7. The van der Waals surface area contributed by atoms with Crippen molar-refractivity contribution in [3.05, 3.63) is 92.4 Å². The maximum Gasteiger partial charge on any atom is 0.152 e. The van der Waals surface area contributed by atoms with E-state index in [9.17, 15) is 4.79 Å². The van der Waals surface area contributed by atoms with Gasteiger partial charge in [-0.1, -0.05) is 94.3 Å². The predicted molar refractivity (Wildman–Crippen MR) is 153 cm³/mol. The molecule has 0 fully saturated rings. The topological polar surface area (TPSA) is 26.3 Å². The van der Waals surface area contributed by atoms with Crippen molar-refractivity contribution in [3.63, 3.8) is 0 Å². The van der Waals surface area contributed by atoms with Crippen LogP contribution in [-0.2, 0) is 4.79 Å². The zero-order valence-corrected chi connectivity index (χ0v) is 23.4. The van der Waals surface area contributed by atoms with Gasteiger partial charge in [-0.15, -0.1) is 0 Å². The standard InChI is InChI=1S/C31H32Br2O2/c1-22(34)9-10-23-11-15-26(16-12-23)35-19-7-5-3-2-4-6-8-27-30-20-24(32)13-17-28(30)29-18-14-25(33)21-31(27)29/h9-18,20-21,27H,2-8,19H2,1H3. The summed E-state index contributed by atoms with van der Waals surface area (Å²) in [5.74, 6) is 1.44. The van der Waals surface area contributed by atoms with Crippen molar-refractivity contribution in [1.29, 1.82) is 0 Å². The van der Waals surface area contributed by atoms with E-state index >= 15 is 0 Å². The second-order valence-corrected chi connectivity index (χ2v) is 11.1. The molecule has 0 radical (unpaired) electrons. The third-order valence-electron chi connectivity index (χ3n) is 6.61. The summed E-state index contributed by atoms with van der Waals surface area (Å²) in [6.07, 6.45) is 12.0. The average Bonchev–Trinajstić information content (AvgIpc) is 3.14.